The molecule has 0 amide bonds. The Morgan fingerprint density at radius 3 is 1.90 bits per heavy atom. The lowest BCUT2D eigenvalue weighted by Crippen LogP contribution is -2.38. The predicted molar refractivity (Wildman–Crippen MR) is 212 cm³/mol. The van der Waals surface area contributed by atoms with E-state index in [1.54, 1.807) is 24.7 Å². The van der Waals surface area contributed by atoms with Crippen molar-refractivity contribution < 1.29 is 97.8 Å². The Morgan fingerprint density at radius 2 is 1.27 bits per heavy atom. The first-order valence-corrected chi connectivity index (χ1v) is 26.4. The molecule has 2 saturated heterocycles. The number of phosphoric ester groups is 4. The van der Waals surface area contributed by atoms with Crippen molar-refractivity contribution in [2.24, 2.45) is 0 Å². The fraction of sp³-hybridized carbons (Fsp3) is 0.912. The number of Topliss-reactive ketones (excluding diaryl/α,β-unsaturated/α-hetero) is 1. The second kappa shape index (κ2) is 27.0. The molecule has 1 aromatic heterocycles. The van der Waals surface area contributed by atoms with Crippen LogP contribution < -0.4 is 9.79 Å². The molecule has 2 aliphatic rings. The first kappa shape index (κ1) is 55.4. The first-order chi connectivity index (χ1) is 29.2. The zero-order valence-electron chi connectivity index (χ0n) is 36.0. The number of ketones is 1. The fourth-order valence-corrected chi connectivity index (χ4v) is 9.89. The quantitative estimate of drug-likeness (QED) is 0.0737. The SMILES string of the molecule is CCOP(=O)([O-])OC[C@H]1O[C@@H](C)[C@@H](OC)C1OP(=O)([O-])OCCCCCCCC(=O)CCCn1cc(CCCCOP(=O)(O)OC[C@H]2O[C@@H](C)[C@@H](OC)C2OP(=O)(O)OC)nn1. The third-order valence-electron chi connectivity index (χ3n) is 9.81. The normalized spacial score (nSPS) is 28.0. The molecular formula is C34H63N3O21P4-2. The highest BCUT2D eigenvalue weighted by Gasteiger charge is 2.48. The van der Waals surface area contributed by atoms with E-state index in [4.69, 9.17) is 46.1 Å². The molecule has 62 heavy (non-hydrogen) atoms. The molecule has 2 N–H and O–H groups in total. The summed E-state index contributed by atoms with van der Waals surface area (Å²) in [5, 5.41) is 8.24. The van der Waals surface area contributed by atoms with Gasteiger partial charge in [0.15, 0.2) is 0 Å². The van der Waals surface area contributed by atoms with Gasteiger partial charge in [-0.05, 0) is 59.3 Å². The van der Waals surface area contributed by atoms with Gasteiger partial charge in [0.25, 0.3) is 15.6 Å². The first-order valence-electron chi connectivity index (χ1n) is 20.4. The van der Waals surface area contributed by atoms with Crippen molar-refractivity contribution in [3.05, 3.63) is 11.9 Å². The van der Waals surface area contributed by atoms with Crippen LogP contribution in [0.1, 0.15) is 90.7 Å². The summed E-state index contributed by atoms with van der Waals surface area (Å²) in [7, 11) is -14.6. The van der Waals surface area contributed by atoms with Gasteiger partial charge in [0, 0.05) is 46.9 Å². The number of ether oxygens (including phenoxy) is 4. The van der Waals surface area contributed by atoms with E-state index >= 15 is 0 Å². The zero-order valence-corrected chi connectivity index (χ0v) is 39.6. The van der Waals surface area contributed by atoms with Crippen LogP contribution in [-0.4, -0.2) is 134 Å². The molecule has 0 saturated carbocycles. The Bertz CT molecular complexity index is 1680. The lowest BCUT2D eigenvalue weighted by Gasteiger charge is -2.31. The molecule has 0 aromatic carbocycles. The second-order valence-corrected chi connectivity index (χ2v) is 20.3. The van der Waals surface area contributed by atoms with E-state index in [0.717, 1.165) is 20.0 Å². The number of methoxy groups -OCH3 is 2. The van der Waals surface area contributed by atoms with Gasteiger partial charge in [0.05, 0.1) is 50.9 Å². The van der Waals surface area contributed by atoms with Gasteiger partial charge < -0.3 is 56.6 Å². The third kappa shape index (κ3) is 19.9. The molecule has 0 radical (unpaired) electrons. The summed E-state index contributed by atoms with van der Waals surface area (Å²) in [6.07, 6.45) is 0.876. The molecule has 24 nitrogen and oxygen atoms in total. The molecule has 28 heteroatoms. The number of hydrogen-bond acceptors (Lipinski definition) is 21. The number of carbonyl (C=O) groups excluding carboxylic acids is 1. The van der Waals surface area contributed by atoms with Gasteiger partial charge in [-0.2, -0.15) is 0 Å². The van der Waals surface area contributed by atoms with E-state index in [9.17, 15) is 42.6 Å². The Kier molecular flexibility index (Phi) is 24.2. The molecule has 0 aliphatic carbocycles. The number of rotatable bonds is 34. The Morgan fingerprint density at radius 1 is 0.710 bits per heavy atom. The van der Waals surface area contributed by atoms with Crippen LogP contribution in [0.4, 0.5) is 0 Å². The standard InChI is InChI=1S/C34H65N3O21P4/c1-7-50-60(41,42)53-23-30-34(32(48-5)26(3)56-30)58-62(45,46)52-20-13-10-8-9-11-17-28(38)18-15-19-37-22-27(35-36-37)16-12-14-21-51-61(43,44)54-24-29-33(57-59(39,40)49-6)31(47-4)25(2)55-29/h22,25-26,29-34H,7-21,23-24H2,1-6H3,(H,39,40)(H,41,42)(H,43,44)(H,45,46)/p-2/t25-,26-,29+,30+,31+,32+,33?,34?/m0/s1. The largest absolute Gasteiger partial charge is 0.756 e. The van der Waals surface area contributed by atoms with Crippen LogP contribution in [0.2, 0.25) is 0 Å². The number of hydrogen-bond donors (Lipinski definition) is 2. The van der Waals surface area contributed by atoms with Crippen molar-refractivity contribution in [3.8, 4) is 0 Å². The third-order valence-corrected chi connectivity index (χ3v) is 13.8. The van der Waals surface area contributed by atoms with E-state index < -0.39 is 93.3 Å². The maximum atomic E-state index is 12.6. The van der Waals surface area contributed by atoms with Crippen molar-refractivity contribution in [3.63, 3.8) is 0 Å². The Labute approximate surface area is 362 Å². The molecular weight excluding hydrogens is 910 g/mol. The van der Waals surface area contributed by atoms with Gasteiger partial charge in [-0.25, -0.2) is 9.13 Å². The van der Waals surface area contributed by atoms with Gasteiger partial charge >= 0.3 is 15.6 Å². The summed E-state index contributed by atoms with van der Waals surface area (Å²) in [6, 6.07) is 0. The van der Waals surface area contributed by atoms with Crippen LogP contribution in [-0.2, 0) is 91.2 Å². The van der Waals surface area contributed by atoms with Crippen LogP contribution >= 0.6 is 31.3 Å². The molecule has 3 heterocycles. The lowest BCUT2D eigenvalue weighted by molar-refractivity contribution is -0.235. The van der Waals surface area contributed by atoms with E-state index in [0.29, 0.717) is 70.0 Å². The van der Waals surface area contributed by atoms with Crippen LogP contribution in [0.5, 0.6) is 0 Å². The molecule has 6 unspecified atom stereocenters. The topological polar surface area (TPSA) is 313 Å². The van der Waals surface area contributed by atoms with Gasteiger partial charge in [-0.1, -0.05) is 24.5 Å². The van der Waals surface area contributed by atoms with Crippen LogP contribution in [0.25, 0.3) is 0 Å². The average molecular weight is 974 g/mol. The Hall–Kier alpha value is -0.910. The summed E-state index contributed by atoms with van der Waals surface area (Å²) < 4.78 is 112. The van der Waals surface area contributed by atoms with E-state index in [2.05, 4.69) is 19.4 Å². The molecule has 2 fully saturated rings. The molecule has 12 atom stereocenters. The molecule has 362 valence electrons. The maximum absolute atomic E-state index is 12.6. The van der Waals surface area contributed by atoms with Crippen molar-refractivity contribution in [2.45, 2.75) is 147 Å². The highest BCUT2D eigenvalue weighted by Crippen LogP contribution is 2.49. The number of unbranched alkanes of at least 4 members (excludes halogenated alkanes) is 5. The van der Waals surface area contributed by atoms with Gasteiger partial charge in [-0.15, -0.1) is 5.10 Å². The number of nitrogens with zero attached hydrogens (tertiary/aromatic N) is 3. The fourth-order valence-electron chi connectivity index (χ4n) is 6.78. The molecule has 3 rings (SSSR count). The summed E-state index contributed by atoms with van der Waals surface area (Å²) in [6.45, 7) is 3.92. The minimum Gasteiger partial charge on any atom is -0.756 e. The van der Waals surface area contributed by atoms with E-state index in [1.165, 1.54) is 21.1 Å². The zero-order chi connectivity index (χ0) is 46.0. The van der Waals surface area contributed by atoms with Crippen molar-refractivity contribution >= 4 is 37.1 Å². The number of phosphoric acid groups is 4. The summed E-state index contributed by atoms with van der Waals surface area (Å²) in [5.74, 6) is 0.127. The monoisotopic (exact) mass is 973 g/mol. The highest BCUT2D eigenvalue weighted by molar-refractivity contribution is 7.47. The van der Waals surface area contributed by atoms with E-state index in [1.807, 2.05) is 0 Å². The van der Waals surface area contributed by atoms with Gasteiger partial charge in [0.1, 0.15) is 42.4 Å². The summed E-state index contributed by atoms with van der Waals surface area (Å²) >= 11 is 0. The van der Waals surface area contributed by atoms with Gasteiger partial charge in [-0.3, -0.25) is 36.7 Å². The van der Waals surface area contributed by atoms with Crippen LogP contribution in [0.3, 0.4) is 0 Å². The minimum absolute atomic E-state index is 0.0869. The second-order valence-electron chi connectivity index (χ2n) is 14.6. The maximum Gasteiger partial charge on any atom is 0.472 e. The van der Waals surface area contributed by atoms with Crippen molar-refractivity contribution in [2.75, 3.05) is 54.4 Å². The molecule has 1 aromatic rings. The lowest BCUT2D eigenvalue weighted by atomic mass is 10.1. The summed E-state index contributed by atoms with van der Waals surface area (Å²) in [4.78, 5) is 56.7. The molecule has 0 spiro atoms. The number of aromatic nitrogens is 3. The summed E-state index contributed by atoms with van der Waals surface area (Å²) in [5.41, 5.74) is 0.713. The van der Waals surface area contributed by atoms with E-state index in [-0.39, 0.29) is 25.6 Å². The van der Waals surface area contributed by atoms with Crippen molar-refractivity contribution in [1.82, 2.24) is 15.0 Å². The number of carbonyl (C=O) groups is 1. The average Bonchev–Trinajstić information content (AvgIpc) is 3.87. The van der Waals surface area contributed by atoms with Gasteiger partial charge in [0.2, 0.25) is 0 Å². The Balaban J connectivity index is 1.22. The molecule has 0 bridgehead atoms. The van der Waals surface area contributed by atoms with Crippen molar-refractivity contribution in [1.29, 1.82) is 0 Å². The van der Waals surface area contributed by atoms with Crippen LogP contribution in [0, 0.1) is 0 Å². The highest BCUT2D eigenvalue weighted by atomic mass is 31.2. The molecule has 2 aliphatic heterocycles. The van der Waals surface area contributed by atoms with Crippen LogP contribution in [0.15, 0.2) is 6.20 Å². The minimum atomic E-state index is -4.81. The predicted octanol–water partition coefficient (Wildman–Crippen LogP) is 3.55. The smallest absolute Gasteiger partial charge is 0.472 e. The number of aryl methyl sites for hydroxylation is 2.